The minimum absolute atomic E-state index is 0.152. The number of fused-ring (bicyclic) bond motifs is 2. The number of carbonyl (C=O) groups excluding carboxylic acids is 1. The molecule has 26 heavy (non-hydrogen) atoms. The summed E-state index contributed by atoms with van der Waals surface area (Å²) >= 11 is 0. The van der Waals surface area contributed by atoms with Gasteiger partial charge in [-0.05, 0) is 12.5 Å². The van der Waals surface area contributed by atoms with E-state index in [1.807, 2.05) is 0 Å². The van der Waals surface area contributed by atoms with Crippen LogP contribution in [-0.4, -0.2) is 58.2 Å². The second kappa shape index (κ2) is 5.24. The quantitative estimate of drug-likeness (QED) is 0.580. The number of aromatic nitrogens is 6. The van der Waals surface area contributed by atoms with Gasteiger partial charge in [-0.3, -0.25) is 13.8 Å². The summed E-state index contributed by atoms with van der Waals surface area (Å²) < 4.78 is 10.7. The second-order valence-corrected chi connectivity index (χ2v) is 6.81. The predicted molar refractivity (Wildman–Crippen MR) is 88.5 cm³/mol. The molecule has 0 radical (unpaired) electrons. The number of nitrogens with zero attached hydrogens (tertiary/aromatic N) is 7. The molecule has 10 nitrogen and oxygen atoms in total. The molecule has 3 aromatic heterocycles. The highest BCUT2D eigenvalue weighted by molar-refractivity contribution is 5.93. The van der Waals surface area contributed by atoms with Crippen molar-refractivity contribution in [3.05, 3.63) is 46.7 Å². The summed E-state index contributed by atoms with van der Waals surface area (Å²) in [7, 11) is 1.63. The van der Waals surface area contributed by atoms with Crippen molar-refractivity contribution in [1.82, 2.24) is 33.6 Å². The van der Waals surface area contributed by atoms with Gasteiger partial charge in [-0.25, -0.2) is 19.4 Å². The summed E-state index contributed by atoms with van der Waals surface area (Å²) in [6.45, 7) is 1.67. The van der Waals surface area contributed by atoms with E-state index >= 15 is 0 Å². The van der Waals surface area contributed by atoms with Crippen molar-refractivity contribution in [2.24, 2.45) is 7.05 Å². The van der Waals surface area contributed by atoms with E-state index in [9.17, 15) is 9.59 Å². The number of likely N-dealkylation sites (tertiary alicyclic amines) is 1. The molecule has 2 aliphatic rings. The monoisotopic (exact) mass is 355 g/mol. The fourth-order valence-corrected chi connectivity index (χ4v) is 3.73. The van der Waals surface area contributed by atoms with E-state index in [1.165, 1.54) is 4.68 Å². The molecule has 0 aliphatic carbocycles. The number of hydrogen-bond donors (Lipinski definition) is 0. The van der Waals surface area contributed by atoms with Gasteiger partial charge < -0.3 is 9.64 Å². The molecule has 0 N–H and O–H groups in total. The minimum atomic E-state index is -0.549. The zero-order valence-electron chi connectivity index (χ0n) is 14.2. The molecule has 1 amide bonds. The molecule has 134 valence electrons. The summed E-state index contributed by atoms with van der Waals surface area (Å²) in [5, 5.41) is 4.17. The van der Waals surface area contributed by atoms with Crippen LogP contribution >= 0.6 is 0 Å². The van der Waals surface area contributed by atoms with Gasteiger partial charge in [-0.15, -0.1) is 0 Å². The number of rotatable bonds is 1. The molecular formula is C16H17N7O3. The Hall–Kier alpha value is -3.01. The van der Waals surface area contributed by atoms with Crippen molar-refractivity contribution in [1.29, 1.82) is 0 Å². The van der Waals surface area contributed by atoms with Crippen molar-refractivity contribution >= 4 is 11.7 Å². The van der Waals surface area contributed by atoms with Crippen molar-refractivity contribution < 1.29 is 9.53 Å². The first kappa shape index (κ1) is 15.3. The Morgan fingerprint density at radius 3 is 3.08 bits per heavy atom. The van der Waals surface area contributed by atoms with Gasteiger partial charge in [-0.2, -0.15) is 5.10 Å². The van der Waals surface area contributed by atoms with Gasteiger partial charge in [0.1, 0.15) is 17.9 Å². The Balaban J connectivity index is 1.39. The third-order valence-corrected chi connectivity index (χ3v) is 5.10. The standard InChI is InChI=1S/C16H17N7O3/c1-20-15(25)23-10-16(26-8-12(23)19-20)3-6-22(9-16)13(24)11-7-21-5-2-4-17-14(21)18-11/h2,4-5,7H,3,6,8-10H2,1H3. The largest absolute Gasteiger partial charge is 0.363 e. The van der Waals surface area contributed by atoms with E-state index in [0.717, 1.165) is 0 Å². The molecule has 5 rings (SSSR count). The molecule has 1 saturated heterocycles. The van der Waals surface area contributed by atoms with E-state index in [0.29, 0.717) is 43.4 Å². The molecule has 10 heteroatoms. The van der Waals surface area contributed by atoms with E-state index in [4.69, 9.17) is 4.74 Å². The summed E-state index contributed by atoms with van der Waals surface area (Å²) in [4.78, 5) is 35.2. The number of aryl methyl sites for hydroxylation is 1. The molecule has 2 aliphatic heterocycles. The van der Waals surface area contributed by atoms with Gasteiger partial charge in [-0.1, -0.05) is 0 Å². The van der Waals surface area contributed by atoms with Crippen LogP contribution in [0, 0.1) is 0 Å². The molecule has 1 spiro atoms. The number of imidazole rings is 1. The first-order chi connectivity index (χ1) is 12.5. The normalized spacial score (nSPS) is 22.3. The SMILES string of the molecule is Cn1nc2n(c1=O)CC1(CCN(C(=O)c3cn4cccnc4n3)C1)OC2. The van der Waals surface area contributed by atoms with Crippen LogP contribution in [0.4, 0.5) is 0 Å². The number of amides is 1. The third-order valence-electron chi connectivity index (χ3n) is 5.10. The third kappa shape index (κ3) is 2.18. The average molecular weight is 355 g/mol. The summed E-state index contributed by atoms with van der Waals surface area (Å²) in [6, 6.07) is 1.78. The maximum absolute atomic E-state index is 12.8. The van der Waals surface area contributed by atoms with Gasteiger partial charge in [0.05, 0.1) is 13.1 Å². The molecule has 0 saturated carbocycles. The lowest BCUT2D eigenvalue weighted by atomic mass is 10.0. The summed E-state index contributed by atoms with van der Waals surface area (Å²) in [5.74, 6) is 0.963. The van der Waals surface area contributed by atoms with Crippen LogP contribution in [0.15, 0.2) is 29.5 Å². The fraction of sp³-hybridized carbons (Fsp3) is 0.438. The summed E-state index contributed by atoms with van der Waals surface area (Å²) in [6.07, 6.45) is 5.80. The lowest BCUT2D eigenvalue weighted by Gasteiger charge is -2.33. The first-order valence-corrected chi connectivity index (χ1v) is 8.40. The van der Waals surface area contributed by atoms with Crippen molar-refractivity contribution in [2.75, 3.05) is 13.1 Å². The topological polar surface area (TPSA) is 99.6 Å². The highest BCUT2D eigenvalue weighted by atomic mass is 16.5. The van der Waals surface area contributed by atoms with Crippen molar-refractivity contribution in [3.63, 3.8) is 0 Å². The summed E-state index contributed by atoms with van der Waals surface area (Å²) in [5.41, 5.74) is -0.345. The smallest absolute Gasteiger partial charge is 0.345 e. The first-order valence-electron chi connectivity index (χ1n) is 8.40. The Morgan fingerprint density at radius 2 is 2.23 bits per heavy atom. The van der Waals surface area contributed by atoms with Crippen LogP contribution in [0.3, 0.4) is 0 Å². The highest BCUT2D eigenvalue weighted by Gasteiger charge is 2.45. The van der Waals surface area contributed by atoms with Gasteiger partial charge in [0, 0.05) is 32.2 Å². The molecule has 0 bridgehead atoms. The van der Waals surface area contributed by atoms with Crippen LogP contribution in [0.25, 0.3) is 5.78 Å². The zero-order chi connectivity index (χ0) is 17.9. The lowest BCUT2D eigenvalue weighted by molar-refractivity contribution is -0.0816. The Kier molecular flexibility index (Phi) is 3.08. The average Bonchev–Trinajstić information content (AvgIpc) is 3.33. The molecule has 1 atom stereocenters. The lowest BCUT2D eigenvalue weighted by Crippen LogP contribution is -2.47. The van der Waals surface area contributed by atoms with Crippen LogP contribution < -0.4 is 5.69 Å². The van der Waals surface area contributed by atoms with Crippen molar-refractivity contribution in [3.8, 4) is 0 Å². The predicted octanol–water partition coefficient (Wildman–Crippen LogP) is -0.560. The number of ether oxygens (including phenoxy) is 1. The molecule has 1 unspecified atom stereocenters. The molecule has 5 heterocycles. The van der Waals surface area contributed by atoms with E-state index in [2.05, 4.69) is 15.1 Å². The Morgan fingerprint density at radius 1 is 1.35 bits per heavy atom. The van der Waals surface area contributed by atoms with E-state index in [1.54, 1.807) is 45.6 Å². The maximum Gasteiger partial charge on any atom is 0.345 e. The fourth-order valence-electron chi connectivity index (χ4n) is 3.73. The molecule has 1 fully saturated rings. The Bertz CT molecular complexity index is 1050. The van der Waals surface area contributed by atoms with Crippen LogP contribution in [0.5, 0.6) is 0 Å². The maximum atomic E-state index is 12.8. The van der Waals surface area contributed by atoms with Gasteiger partial charge in [0.2, 0.25) is 5.78 Å². The molecule has 0 aromatic carbocycles. The van der Waals surface area contributed by atoms with Crippen molar-refractivity contribution in [2.45, 2.75) is 25.2 Å². The molecule has 3 aromatic rings. The molecular weight excluding hydrogens is 338 g/mol. The number of carbonyl (C=O) groups is 1. The van der Waals surface area contributed by atoms with Gasteiger partial charge in [0.25, 0.3) is 5.91 Å². The minimum Gasteiger partial charge on any atom is -0.363 e. The number of hydrogen-bond acceptors (Lipinski definition) is 6. The van der Waals surface area contributed by atoms with Crippen LogP contribution in [0.2, 0.25) is 0 Å². The van der Waals surface area contributed by atoms with E-state index in [-0.39, 0.29) is 18.2 Å². The Labute approximate surface area is 147 Å². The van der Waals surface area contributed by atoms with Gasteiger partial charge in [0.15, 0.2) is 5.82 Å². The zero-order valence-corrected chi connectivity index (χ0v) is 14.2. The highest BCUT2D eigenvalue weighted by Crippen LogP contribution is 2.32. The van der Waals surface area contributed by atoms with Crippen LogP contribution in [0.1, 0.15) is 22.7 Å². The van der Waals surface area contributed by atoms with Gasteiger partial charge >= 0.3 is 5.69 Å². The second-order valence-electron chi connectivity index (χ2n) is 6.81. The van der Waals surface area contributed by atoms with E-state index < -0.39 is 5.60 Å². The van der Waals surface area contributed by atoms with Crippen LogP contribution in [-0.2, 0) is 24.9 Å².